The van der Waals surface area contributed by atoms with Gasteiger partial charge in [0.05, 0.1) is 21.2 Å². The second kappa shape index (κ2) is 5.74. The topological polar surface area (TPSA) is 137 Å². The number of azo groups is 1. The van der Waals surface area contributed by atoms with Crippen LogP contribution in [0.4, 0.5) is 28.4 Å². The second-order valence-corrected chi connectivity index (χ2v) is 3.98. The maximum atomic E-state index is 10.7. The Morgan fingerprint density at radius 1 is 0.905 bits per heavy atom. The Morgan fingerprint density at radius 2 is 1.57 bits per heavy atom. The zero-order valence-corrected chi connectivity index (χ0v) is 10.5. The van der Waals surface area contributed by atoms with Crippen LogP contribution in [-0.2, 0) is 0 Å². The summed E-state index contributed by atoms with van der Waals surface area (Å²) in [5, 5.41) is 29.0. The Kier molecular flexibility index (Phi) is 3.84. The number of non-ortho nitro benzene ring substituents is 1. The number of nitrogens with two attached hydrogens (primary N) is 1. The Bertz CT molecular complexity index is 744. The molecule has 0 saturated carbocycles. The number of nitro groups is 2. The van der Waals surface area contributed by atoms with Gasteiger partial charge in [-0.1, -0.05) is 6.07 Å². The van der Waals surface area contributed by atoms with Crippen LogP contribution >= 0.6 is 0 Å². The molecule has 9 nitrogen and oxygen atoms in total. The fraction of sp³-hybridized carbons (Fsp3) is 0. The fourth-order valence-electron chi connectivity index (χ4n) is 1.54. The van der Waals surface area contributed by atoms with Gasteiger partial charge in [0.1, 0.15) is 5.69 Å². The molecular formula is C12H9N5O4. The van der Waals surface area contributed by atoms with Crippen LogP contribution in [0.5, 0.6) is 0 Å². The summed E-state index contributed by atoms with van der Waals surface area (Å²) in [7, 11) is 0. The van der Waals surface area contributed by atoms with Crippen molar-refractivity contribution in [2.45, 2.75) is 0 Å². The molecule has 0 aliphatic heterocycles. The molecule has 0 aromatic heterocycles. The van der Waals surface area contributed by atoms with Crippen LogP contribution in [0.1, 0.15) is 0 Å². The van der Waals surface area contributed by atoms with E-state index in [9.17, 15) is 20.2 Å². The van der Waals surface area contributed by atoms with Crippen molar-refractivity contribution in [3.8, 4) is 0 Å². The monoisotopic (exact) mass is 287 g/mol. The zero-order valence-electron chi connectivity index (χ0n) is 10.5. The SMILES string of the molecule is Nc1ccc(N=Nc2cccc([N+](=O)[O-])c2)cc1[N+](=O)[O-]. The molecule has 2 N–H and O–H groups in total. The van der Waals surface area contributed by atoms with Crippen molar-refractivity contribution >= 4 is 28.4 Å². The quantitative estimate of drug-likeness (QED) is 0.397. The number of nitrogens with zero attached hydrogens (tertiary/aromatic N) is 4. The molecule has 0 aliphatic carbocycles. The van der Waals surface area contributed by atoms with Gasteiger partial charge in [-0.25, -0.2) is 0 Å². The molecule has 0 bridgehead atoms. The molecule has 0 amide bonds. The van der Waals surface area contributed by atoms with Gasteiger partial charge in [0.2, 0.25) is 0 Å². The summed E-state index contributed by atoms with van der Waals surface area (Å²) in [5.41, 5.74) is 5.59. The lowest BCUT2D eigenvalue weighted by Crippen LogP contribution is -1.94. The van der Waals surface area contributed by atoms with E-state index in [0.29, 0.717) is 0 Å². The Labute approximate surface area is 118 Å². The molecule has 0 atom stereocenters. The van der Waals surface area contributed by atoms with Gasteiger partial charge in [0, 0.05) is 18.2 Å². The first-order chi connectivity index (χ1) is 9.97. The highest BCUT2D eigenvalue weighted by Crippen LogP contribution is 2.28. The van der Waals surface area contributed by atoms with Crippen LogP contribution in [0.3, 0.4) is 0 Å². The lowest BCUT2D eigenvalue weighted by molar-refractivity contribution is -0.384. The van der Waals surface area contributed by atoms with Crippen molar-refractivity contribution in [1.29, 1.82) is 0 Å². The second-order valence-electron chi connectivity index (χ2n) is 3.98. The maximum absolute atomic E-state index is 10.7. The number of hydrogen-bond acceptors (Lipinski definition) is 7. The summed E-state index contributed by atoms with van der Waals surface area (Å²) in [5.74, 6) is 0. The highest BCUT2D eigenvalue weighted by molar-refractivity contribution is 5.63. The Balaban J connectivity index is 2.29. The molecule has 0 aliphatic rings. The molecule has 0 heterocycles. The van der Waals surface area contributed by atoms with E-state index in [1.54, 1.807) is 0 Å². The van der Waals surface area contributed by atoms with Crippen molar-refractivity contribution in [3.05, 3.63) is 62.7 Å². The van der Waals surface area contributed by atoms with Crippen LogP contribution in [0.25, 0.3) is 0 Å². The minimum atomic E-state index is -0.623. The van der Waals surface area contributed by atoms with Crippen LogP contribution < -0.4 is 5.73 Å². The van der Waals surface area contributed by atoms with E-state index in [2.05, 4.69) is 10.2 Å². The predicted octanol–water partition coefficient (Wildman–Crippen LogP) is 3.50. The summed E-state index contributed by atoms with van der Waals surface area (Å²) in [6, 6.07) is 9.56. The van der Waals surface area contributed by atoms with Crippen LogP contribution in [0, 0.1) is 20.2 Å². The molecule has 2 rings (SSSR count). The van der Waals surface area contributed by atoms with Gasteiger partial charge < -0.3 is 5.73 Å². The van der Waals surface area contributed by atoms with Crippen molar-refractivity contribution in [2.75, 3.05) is 5.73 Å². The minimum absolute atomic E-state index is 0.0225. The van der Waals surface area contributed by atoms with E-state index < -0.39 is 9.85 Å². The summed E-state index contributed by atoms with van der Waals surface area (Å²) >= 11 is 0. The molecule has 2 aromatic carbocycles. The van der Waals surface area contributed by atoms with Crippen molar-refractivity contribution in [2.24, 2.45) is 10.2 Å². The smallest absolute Gasteiger partial charge is 0.294 e. The van der Waals surface area contributed by atoms with Gasteiger partial charge in [0.25, 0.3) is 11.4 Å². The number of hydrogen-bond donors (Lipinski definition) is 1. The Hall–Kier alpha value is -3.36. The van der Waals surface area contributed by atoms with E-state index in [4.69, 9.17) is 5.73 Å². The van der Waals surface area contributed by atoms with E-state index >= 15 is 0 Å². The van der Waals surface area contributed by atoms with E-state index in [0.717, 1.165) is 0 Å². The summed E-state index contributed by atoms with van der Waals surface area (Å²) < 4.78 is 0. The molecule has 0 spiro atoms. The number of benzene rings is 2. The lowest BCUT2D eigenvalue weighted by atomic mass is 10.2. The van der Waals surface area contributed by atoms with Gasteiger partial charge in [-0.05, 0) is 18.2 Å². The first-order valence-corrected chi connectivity index (χ1v) is 5.67. The number of nitrogen functional groups attached to an aromatic ring is 1. The molecule has 106 valence electrons. The van der Waals surface area contributed by atoms with E-state index in [1.807, 2.05) is 0 Å². The first kappa shape index (κ1) is 14.1. The zero-order chi connectivity index (χ0) is 15.4. The fourth-order valence-corrected chi connectivity index (χ4v) is 1.54. The van der Waals surface area contributed by atoms with Crippen LogP contribution in [0.15, 0.2) is 52.7 Å². The van der Waals surface area contributed by atoms with E-state index in [1.165, 1.54) is 42.5 Å². The van der Waals surface area contributed by atoms with Crippen molar-refractivity contribution in [1.82, 2.24) is 0 Å². The molecule has 0 unspecified atom stereocenters. The highest BCUT2D eigenvalue weighted by Gasteiger charge is 2.11. The molecule has 2 aromatic rings. The van der Waals surface area contributed by atoms with Gasteiger partial charge in [-0.3, -0.25) is 20.2 Å². The molecule has 0 fully saturated rings. The third-order valence-corrected chi connectivity index (χ3v) is 2.53. The summed E-state index contributed by atoms with van der Waals surface area (Å²) in [6.07, 6.45) is 0. The standard InChI is InChI=1S/C12H9N5O4/c13-11-5-4-9(7-12(11)17(20)21)15-14-8-2-1-3-10(6-8)16(18)19/h1-7H,13H2. The normalized spacial score (nSPS) is 10.7. The lowest BCUT2D eigenvalue weighted by Gasteiger charge is -1.98. The third-order valence-electron chi connectivity index (χ3n) is 2.53. The molecule has 0 saturated heterocycles. The van der Waals surface area contributed by atoms with Gasteiger partial charge in [-0.15, -0.1) is 0 Å². The number of nitro benzene ring substituents is 2. The summed E-state index contributed by atoms with van der Waals surface area (Å²) in [6.45, 7) is 0. The largest absolute Gasteiger partial charge is 0.393 e. The molecule has 9 heteroatoms. The van der Waals surface area contributed by atoms with Gasteiger partial charge in [-0.2, -0.15) is 10.2 Å². The predicted molar refractivity (Wildman–Crippen MR) is 74.8 cm³/mol. The average molecular weight is 287 g/mol. The average Bonchev–Trinajstić information content (AvgIpc) is 2.46. The first-order valence-electron chi connectivity index (χ1n) is 5.67. The number of anilines is 1. The molecule has 0 radical (unpaired) electrons. The van der Waals surface area contributed by atoms with Gasteiger partial charge >= 0.3 is 0 Å². The Morgan fingerprint density at radius 3 is 2.19 bits per heavy atom. The van der Waals surface area contributed by atoms with Gasteiger partial charge in [0.15, 0.2) is 0 Å². The highest BCUT2D eigenvalue weighted by atomic mass is 16.6. The third kappa shape index (κ3) is 3.35. The number of rotatable bonds is 4. The van der Waals surface area contributed by atoms with Crippen LogP contribution in [-0.4, -0.2) is 9.85 Å². The molecular weight excluding hydrogens is 278 g/mol. The van der Waals surface area contributed by atoms with Crippen molar-refractivity contribution < 1.29 is 9.85 Å². The summed E-state index contributed by atoms with van der Waals surface area (Å²) in [4.78, 5) is 20.2. The van der Waals surface area contributed by atoms with Crippen molar-refractivity contribution in [3.63, 3.8) is 0 Å². The van der Waals surface area contributed by atoms with Crippen LogP contribution in [0.2, 0.25) is 0 Å². The minimum Gasteiger partial charge on any atom is -0.393 e. The maximum Gasteiger partial charge on any atom is 0.294 e. The molecule has 21 heavy (non-hydrogen) atoms. The van der Waals surface area contributed by atoms with E-state index in [-0.39, 0.29) is 28.4 Å².